The van der Waals surface area contributed by atoms with Crippen molar-refractivity contribution < 1.29 is 19.4 Å². The van der Waals surface area contributed by atoms with Gasteiger partial charge in [0.15, 0.2) is 5.75 Å². The zero-order valence-electron chi connectivity index (χ0n) is 18.8. The molecule has 0 spiro atoms. The molecule has 0 aliphatic carbocycles. The molecule has 0 saturated heterocycles. The number of carbonyl (C=O) groups excluding carboxylic acids is 1. The Labute approximate surface area is 187 Å². The van der Waals surface area contributed by atoms with Gasteiger partial charge in [0.2, 0.25) is 0 Å². The lowest BCUT2D eigenvalue weighted by Crippen LogP contribution is -2.26. The van der Waals surface area contributed by atoms with Gasteiger partial charge in [0.05, 0.1) is 5.56 Å². The maximum Gasteiger partial charge on any atom is 0.338 e. The van der Waals surface area contributed by atoms with Crippen LogP contribution in [0.5, 0.6) is 11.6 Å². The fourth-order valence-electron chi connectivity index (χ4n) is 3.70. The van der Waals surface area contributed by atoms with E-state index < -0.39 is 12.6 Å². The largest absolute Gasteiger partial charge is 0.482 e. The second-order valence-corrected chi connectivity index (χ2v) is 7.51. The molecule has 0 aliphatic heterocycles. The van der Waals surface area contributed by atoms with E-state index in [1.54, 1.807) is 0 Å². The van der Waals surface area contributed by atoms with Gasteiger partial charge in [0.1, 0.15) is 13.2 Å². The molecule has 0 saturated carbocycles. The summed E-state index contributed by atoms with van der Waals surface area (Å²) in [6.07, 6.45) is 1.42. The second-order valence-electron chi connectivity index (χ2n) is 7.51. The molecule has 168 valence electrons. The number of aryl methyl sites for hydroxylation is 4. The summed E-state index contributed by atoms with van der Waals surface area (Å²) in [7, 11) is 1.49. The van der Waals surface area contributed by atoms with Gasteiger partial charge >= 0.3 is 5.97 Å². The van der Waals surface area contributed by atoms with Crippen molar-refractivity contribution in [3.05, 3.63) is 75.1 Å². The first kappa shape index (κ1) is 23.2. The van der Waals surface area contributed by atoms with Gasteiger partial charge in [-0.15, -0.1) is 5.10 Å². The van der Waals surface area contributed by atoms with E-state index in [1.807, 2.05) is 51.1 Å². The molecule has 2 aromatic carbocycles. The van der Waals surface area contributed by atoms with Gasteiger partial charge in [-0.25, -0.2) is 9.48 Å². The molecular weight excluding hydrogens is 408 g/mol. The first-order valence-corrected chi connectivity index (χ1v) is 10.6. The number of hydrogen-bond donors (Lipinski definition) is 1. The Morgan fingerprint density at radius 2 is 1.69 bits per heavy atom. The first-order valence-electron chi connectivity index (χ1n) is 10.6. The highest BCUT2D eigenvalue weighted by Gasteiger charge is 2.26. The molecule has 3 rings (SSSR count). The van der Waals surface area contributed by atoms with Crippen LogP contribution in [-0.2, 0) is 31.3 Å². The molecule has 0 radical (unpaired) electrons. The van der Waals surface area contributed by atoms with Crippen LogP contribution in [0, 0.1) is 6.92 Å². The van der Waals surface area contributed by atoms with Crippen LogP contribution in [0.15, 0.2) is 47.3 Å². The Kier molecular flexibility index (Phi) is 7.43. The molecule has 0 amide bonds. The minimum Gasteiger partial charge on any atom is -0.482 e. The van der Waals surface area contributed by atoms with E-state index in [2.05, 4.69) is 17.2 Å². The third kappa shape index (κ3) is 4.89. The van der Waals surface area contributed by atoms with E-state index in [0.29, 0.717) is 18.4 Å². The third-order valence-corrected chi connectivity index (χ3v) is 5.19. The quantitative estimate of drug-likeness (QED) is 0.545. The van der Waals surface area contributed by atoms with Gasteiger partial charge in [-0.3, -0.25) is 4.79 Å². The predicted molar refractivity (Wildman–Crippen MR) is 122 cm³/mol. The maximum absolute atomic E-state index is 13.4. The molecule has 1 heterocycles. The topological polar surface area (TPSA) is 90.7 Å². The van der Waals surface area contributed by atoms with Crippen molar-refractivity contribution in [3.8, 4) is 22.8 Å². The van der Waals surface area contributed by atoms with Crippen molar-refractivity contribution >= 4 is 5.97 Å². The Hall–Kier alpha value is -3.45. The molecule has 0 unspecified atom stereocenters. The summed E-state index contributed by atoms with van der Waals surface area (Å²) in [5.74, 6) is -0.948. The van der Waals surface area contributed by atoms with Gasteiger partial charge in [-0.2, -0.15) is 0 Å². The van der Waals surface area contributed by atoms with Crippen molar-refractivity contribution in [3.63, 3.8) is 0 Å². The normalized spacial score (nSPS) is 10.8. The van der Waals surface area contributed by atoms with Crippen molar-refractivity contribution in [1.29, 1.82) is 0 Å². The SMILES string of the molecule is CCc1cc(C)cc(CC)c1-c1c(OCc2ccccc2)c(OC(=O)CO)nn(C)c1=O. The summed E-state index contributed by atoms with van der Waals surface area (Å²) < 4.78 is 12.5. The van der Waals surface area contributed by atoms with Crippen molar-refractivity contribution in [2.75, 3.05) is 6.61 Å². The smallest absolute Gasteiger partial charge is 0.338 e. The predicted octanol–water partition coefficient (Wildman–Crippen LogP) is 3.36. The number of carbonyl (C=O) groups is 1. The van der Waals surface area contributed by atoms with Crippen molar-refractivity contribution in [2.24, 2.45) is 7.05 Å². The monoisotopic (exact) mass is 436 g/mol. The maximum atomic E-state index is 13.4. The Morgan fingerprint density at radius 3 is 2.25 bits per heavy atom. The highest BCUT2D eigenvalue weighted by atomic mass is 16.6. The van der Waals surface area contributed by atoms with Crippen LogP contribution in [0.2, 0.25) is 0 Å². The van der Waals surface area contributed by atoms with Crippen LogP contribution >= 0.6 is 0 Å². The number of aliphatic hydroxyl groups is 1. The minimum absolute atomic E-state index is 0.0898. The van der Waals surface area contributed by atoms with Gasteiger partial charge in [-0.1, -0.05) is 61.9 Å². The minimum atomic E-state index is -0.887. The van der Waals surface area contributed by atoms with Crippen LogP contribution in [0.1, 0.15) is 36.1 Å². The molecule has 7 nitrogen and oxygen atoms in total. The highest BCUT2D eigenvalue weighted by molar-refractivity contribution is 5.80. The fourth-order valence-corrected chi connectivity index (χ4v) is 3.70. The van der Waals surface area contributed by atoms with E-state index >= 15 is 0 Å². The average Bonchev–Trinajstić information content (AvgIpc) is 2.80. The molecule has 0 fully saturated rings. The summed E-state index contributed by atoms with van der Waals surface area (Å²) >= 11 is 0. The standard InChI is InChI=1S/C25H28N2O5/c1-5-18-12-16(3)13-19(6-2)21(18)22-23(31-15-17-10-8-7-9-11-17)24(32-20(29)14-28)26-27(4)25(22)30/h7-13,28H,5-6,14-15H2,1-4H3. The lowest BCUT2D eigenvalue weighted by molar-refractivity contribution is -0.137. The number of hydrogen-bond acceptors (Lipinski definition) is 6. The van der Waals surface area contributed by atoms with Crippen molar-refractivity contribution in [2.45, 2.75) is 40.2 Å². The number of esters is 1. The summed E-state index contributed by atoms with van der Waals surface area (Å²) in [6.45, 7) is 5.42. The number of aromatic nitrogens is 2. The fraction of sp³-hybridized carbons (Fsp3) is 0.320. The molecule has 1 aromatic heterocycles. The van der Waals surface area contributed by atoms with Gasteiger partial charge in [0, 0.05) is 7.05 Å². The summed E-state index contributed by atoms with van der Waals surface area (Å²) in [5, 5.41) is 13.3. The Bertz CT molecular complexity index is 1140. The zero-order chi connectivity index (χ0) is 23.3. The number of benzene rings is 2. The van der Waals surface area contributed by atoms with E-state index in [1.165, 1.54) is 7.05 Å². The van der Waals surface area contributed by atoms with Crippen LogP contribution in [0.3, 0.4) is 0 Å². The Balaban J connectivity index is 2.29. The van der Waals surface area contributed by atoms with Crippen LogP contribution in [-0.4, -0.2) is 27.5 Å². The Morgan fingerprint density at radius 1 is 1.06 bits per heavy atom. The number of aliphatic hydroxyl groups excluding tert-OH is 1. The lowest BCUT2D eigenvalue weighted by atomic mass is 9.90. The van der Waals surface area contributed by atoms with Gasteiger partial charge < -0.3 is 14.6 Å². The summed E-state index contributed by atoms with van der Waals surface area (Å²) in [5.41, 5.74) is 4.69. The lowest BCUT2D eigenvalue weighted by Gasteiger charge is -2.20. The number of ether oxygens (including phenoxy) is 2. The molecule has 3 aromatic rings. The van der Waals surface area contributed by atoms with Crippen LogP contribution in [0.4, 0.5) is 0 Å². The second kappa shape index (κ2) is 10.2. The molecule has 32 heavy (non-hydrogen) atoms. The molecule has 1 N–H and O–H groups in total. The summed E-state index contributed by atoms with van der Waals surface area (Å²) in [6, 6.07) is 13.6. The molecule has 0 bridgehead atoms. The van der Waals surface area contributed by atoms with Crippen LogP contribution < -0.4 is 15.0 Å². The first-order chi connectivity index (χ1) is 15.4. The zero-order valence-corrected chi connectivity index (χ0v) is 18.8. The van der Waals surface area contributed by atoms with Gasteiger partial charge in [0.25, 0.3) is 11.4 Å². The van der Waals surface area contributed by atoms with Crippen molar-refractivity contribution in [1.82, 2.24) is 9.78 Å². The van der Waals surface area contributed by atoms with E-state index in [0.717, 1.165) is 32.5 Å². The average molecular weight is 437 g/mol. The summed E-state index contributed by atoms with van der Waals surface area (Å²) in [4.78, 5) is 25.2. The van der Waals surface area contributed by atoms with E-state index in [4.69, 9.17) is 9.47 Å². The number of nitrogens with zero attached hydrogens (tertiary/aromatic N) is 2. The van der Waals surface area contributed by atoms with E-state index in [9.17, 15) is 14.7 Å². The molecule has 0 aliphatic rings. The van der Waals surface area contributed by atoms with E-state index in [-0.39, 0.29) is 23.8 Å². The van der Waals surface area contributed by atoms with Crippen LogP contribution in [0.25, 0.3) is 11.1 Å². The third-order valence-electron chi connectivity index (χ3n) is 5.19. The molecule has 7 heteroatoms. The highest BCUT2D eigenvalue weighted by Crippen LogP contribution is 2.39. The molecular formula is C25H28N2O5. The number of rotatable bonds is 8. The molecule has 0 atom stereocenters. The van der Waals surface area contributed by atoms with Gasteiger partial charge in [-0.05, 0) is 42.0 Å².